The number of carbonyl (C=O) groups excluding carboxylic acids is 1. The Morgan fingerprint density at radius 2 is 1.95 bits per heavy atom. The van der Waals surface area contributed by atoms with Gasteiger partial charge in [0.2, 0.25) is 0 Å². The summed E-state index contributed by atoms with van der Waals surface area (Å²) in [4.78, 5) is 19.9. The molecule has 0 saturated carbocycles. The summed E-state index contributed by atoms with van der Waals surface area (Å²) in [6, 6.07) is 7.33. The SMILES string of the molecule is Cc1cnc(C(=O)Nc2ccc(CCO)cc2)cn1. The molecule has 5 heteroatoms. The van der Waals surface area contributed by atoms with Crippen LogP contribution in [0.3, 0.4) is 0 Å². The number of hydrogen-bond donors (Lipinski definition) is 2. The predicted octanol–water partition coefficient (Wildman–Crippen LogP) is 1.57. The summed E-state index contributed by atoms with van der Waals surface area (Å²) in [6.45, 7) is 1.93. The van der Waals surface area contributed by atoms with E-state index in [1.807, 2.05) is 19.1 Å². The van der Waals surface area contributed by atoms with E-state index in [1.165, 1.54) is 6.20 Å². The number of nitrogens with one attached hydrogen (secondary N) is 1. The fourth-order valence-electron chi connectivity index (χ4n) is 1.59. The Morgan fingerprint density at radius 1 is 1.21 bits per heavy atom. The monoisotopic (exact) mass is 257 g/mol. The number of aliphatic hydroxyl groups is 1. The van der Waals surface area contributed by atoms with Crippen LogP contribution in [0.1, 0.15) is 21.7 Å². The molecule has 0 fully saturated rings. The number of nitrogens with zero attached hydrogens (tertiary/aromatic N) is 2. The summed E-state index contributed by atoms with van der Waals surface area (Å²) >= 11 is 0. The van der Waals surface area contributed by atoms with E-state index >= 15 is 0 Å². The third-order valence-corrected chi connectivity index (χ3v) is 2.63. The second-order valence-electron chi connectivity index (χ2n) is 4.17. The number of aryl methyl sites for hydroxylation is 1. The highest BCUT2D eigenvalue weighted by molar-refractivity contribution is 6.02. The van der Waals surface area contributed by atoms with Crippen LogP contribution in [-0.4, -0.2) is 27.6 Å². The van der Waals surface area contributed by atoms with Crippen LogP contribution in [0, 0.1) is 6.92 Å². The molecule has 2 aromatic rings. The normalized spacial score (nSPS) is 10.2. The molecular weight excluding hydrogens is 242 g/mol. The predicted molar refractivity (Wildman–Crippen MR) is 72.0 cm³/mol. The van der Waals surface area contributed by atoms with Gasteiger partial charge in [0.05, 0.1) is 11.9 Å². The molecule has 0 bridgehead atoms. The van der Waals surface area contributed by atoms with E-state index in [2.05, 4.69) is 15.3 Å². The average molecular weight is 257 g/mol. The van der Waals surface area contributed by atoms with Crippen LogP contribution < -0.4 is 5.32 Å². The first-order valence-electron chi connectivity index (χ1n) is 5.99. The third kappa shape index (κ3) is 3.59. The van der Waals surface area contributed by atoms with E-state index in [0.717, 1.165) is 11.3 Å². The number of aliphatic hydroxyl groups excluding tert-OH is 1. The van der Waals surface area contributed by atoms with Gasteiger partial charge >= 0.3 is 0 Å². The molecule has 0 radical (unpaired) electrons. The largest absolute Gasteiger partial charge is 0.396 e. The van der Waals surface area contributed by atoms with Crippen LogP contribution >= 0.6 is 0 Å². The zero-order valence-corrected chi connectivity index (χ0v) is 10.6. The number of carbonyl (C=O) groups is 1. The van der Waals surface area contributed by atoms with Crippen LogP contribution in [-0.2, 0) is 6.42 Å². The number of aromatic nitrogens is 2. The van der Waals surface area contributed by atoms with Gasteiger partial charge in [-0.1, -0.05) is 12.1 Å². The van der Waals surface area contributed by atoms with Gasteiger partial charge in [0, 0.05) is 18.5 Å². The Labute approximate surface area is 111 Å². The lowest BCUT2D eigenvalue weighted by atomic mass is 10.1. The lowest BCUT2D eigenvalue weighted by Crippen LogP contribution is -2.14. The van der Waals surface area contributed by atoms with Crippen molar-refractivity contribution in [2.24, 2.45) is 0 Å². The molecule has 0 aliphatic heterocycles. The molecule has 0 atom stereocenters. The number of benzene rings is 1. The minimum absolute atomic E-state index is 0.116. The molecule has 1 amide bonds. The quantitative estimate of drug-likeness (QED) is 0.871. The molecule has 19 heavy (non-hydrogen) atoms. The molecule has 2 N–H and O–H groups in total. The Kier molecular flexibility index (Phi) is 4.20. The van der Waals surface area contributed by atoms with Crippen molar-refractivity contribution in [1.82, 2.24) is 9.97 Å². The number of amides is 1. The van der Waals surface area contributed by atoms with Crippen LogP contribution in [0.4, 0.5) is 5.69 Å². The second kappa shape index (κ2) is 6.06. The van der Waals surface area contributed by atoms with Crippen LogP contribution in [0.2, 0.25) is 0 Å². The summed E-state index contributed by atoms with van der Waals surface area (Å²) in [5, 5.41) is 11.6. The topological polar surface area (TPSA) is 75.1 Å². The Balaban J connectivity index is 2.04. The Morgan fingerprint density at radius 3 is 2.53 bits per heavy atom. The maximum absolute atomic E-state index is 11.9. The summed E-state index contributed by atoms with van der Waals surface area (Å²) in [5.41, 5.74) is 2.76. The van der Waals surface area contributed by atoms with Crippen molar-refractivity contribution >= 4 is 11.6 Å². The number of anilines is 1. The van der Waals surface area contributed by atoms with E-state index in [0.29, 0.717) is 12.1 Å². The van der Waals surface area contributed by atoms with Gasteiger partial charge in [0.25, 0.3) is 5.91 Å². The van der Waals surface area contributed by atoms with Crippen molar-refractivity contribution in [3.63, 3.8) is 0 Å². The minimum atomic E-state index is -0.289. The lowest BCUT2D eigenvalue weighted by Gasteiger charge is -2.05. The van der Waals surface area contributed by atoms with E-state index in [4.69, 9.17) is 5.11 Å². The highest BCUT2D eigenvalue weighted by atomic mass is 16.2. The van der Waals surface area contributed by atoms with Crippen molar-refractivity contribution in [2.75, 3.05) is 11.9 Å². The average Bonchev–Trinajstić information content (AvgIpc) is 2.42. The van der Waals surface area contributed by atoms with Gasteiger partial charge in [0.15, 0.2) is 0 Å². The molecule has 0 saturated heterocycles. The molecule has 2 rings (SSSR count). The molecule has 0 unspecified atom stereocenters. The first-order valence-corrected chi connectivity index (χ1v) is 5.99. The minimum Gasteiger partial charge on any atom is -0.396 e. The smallest absolute Gasteiger partial charge is 0.275 e. The lowest BCUT2D eigenvalue weighted by molar-refractivity contribution is 0.102. The maximum atomic E-state index is 11.9. The fourth-order valence-corrected chi connectivity index (χ4v) is 1.59. The summed E-state index contributed by atoms with van der Waals surface area (Å²) in [7, 11) is 0. The molecule has 0 spiro atoms. The first-order chi connectivity index (χ1) is 9.19. The molecular formula is C14H15N3O2. The van der Waals surface area contributed by atoms with Crippen molar-refractivity contribution in [1.29, 1.82) is 0 Å². The van der Waals surface area contributed by atoms with Gasteiger partial charge in [-0.25, -0.2) is 4.98 Å². The van der Waals surface area contributed by atoms with Gasteiger partial charge in [-0.2, -0.15) is 0 Å². The third-order valence-electron chi connectivity index (χ3n) is 2.63. The number of hydrogen-bond acceptors (Lipinski definition) is 4. The first kappa shape index (κ1) is 13.2. The zero-order chi connectivity index (χ0) is 13.7. The van der Waals surface area contributed by atoms with Crippen LogP contribution in [0.25, 0.3) is 0 Å². The van der Waals surface area contributed by atoms with Gasteiger partial charge in [-0.15, -0.1) is 0 Å². The Bertz CT molecular complexity index is 550. The standard InChI is InChI=1S/C14H15N3O2/c1-10-8-16-13(9-15-10)14(19)17-12-4-2-11(3-5-12)6-7-18/h2-5,8-9,18H,6-7H2,1H3,(H,17,19). The highest BCUT2D eigenvalue weighted by Crippen LogP contribution is 2.11. The van der Waals surface area contributed by atoms with Crippen LogP contribution in [0.15, 0.2) is 36.7 Å². The molecule has 0 aliphatic rings. The molecule has 1 aromatic carbocycles. The number of rotatable bonds is 4. The van der Waals surface area contributed by atoms with Gasteiger partial charge < -0.3 is 10.4 Å². The van der Waals surface area contributed by atoms with Crippen molar-refractivity contribution in [2.45, 2.75) is 13.3 Å². The Hall–Kier alpha value is -2.27. The summed E-state index contributed by atoms with van der Waals surface area (Å²) in [5.74, 6) is -0.289. The van der Waals surface area contributed by atoms with Crippen molar-refractivity contribution in [3.05, 3.63) is 53.6 Å². The van der Waals surface area contributed by atoms with Crippen molar-refractivity contribution in [3.8, 4) is 0 Å². The summed E-state index contributed by atoms with van der Waals surface area (Å²) in [6.07, 6.45) is 3.61. The van der Waals surface area contributed by atoms with Gasteiger partial charge in [-0.3, -0.25) is 9.78 Å². The van der Waals surface area contributed by atoms with Gasteiger partial charge in [0.1, 0.15) is 5.69 Å². The second-order valence-corrected chi connectivity index (χ2v) is 4.17. The zero-order valence-electron chi connectivity index (χ0n) is 10.6. The fraction of sp³-hybridized carbons (Fsp3) is 0.214. The van der Waals surface area contributed by atoms with Crippen molar-refractivity contribution < 1.29 is 9.90 Å². The molecule has 98 valence electrons. The molecule has 1 heterocycles. The highest BCUT2D eigenvalue weighted by Gasteiger charge is 2.07. The van der Waals surface area contributed by atoms with Gasteiger partial charge in [-0.05, 0) is 31.0 Å². The van der Waals surface area contributed by atoms with E-state index in [1.54, 1.807) is 18.3 Å². The molecule has 0 aliphatic carbocycles. The van der Waals surface area contributed by atoms with E-state index in [9.17, 15) is 4.79 Å². The van der Waals surface area contributed by atoms with E-state index < -0.39 is 0 Å². The molecule has 1 aromatic heterocycles. The summed E-state index contributed by atoms with van der Waals surface area (Å²) < 4.78 is 0. The van der Waals surface area contributed by atoms with E-state index in [-0.39, 0.29) is 18.2 Å². The molecule has 5 nitrogen and oxygen atoms in total. The van der Waals surface area contributed by atoms with Crippen LogP contribution in [0.5, 0.6) is 0 Å². The maximum Gasteiger partial charge on any atom is 0.275 e.